The van der Waals surface area contributed by atoms with Crippen LogP contribution in [-0.4, -0.2) is 54.9 Å². The van der Waals surface area contributed by atoms with Gasteiger partial charge in [0.1, 0.15) is 0 Å². The van der Waals surface area contributed by atoms with Gasteiger partial charge < -0.3 is 4.90 Å². The highest BCUT2D eigenvalue weighted by atomic mass is 16.2. The number of amides is 2. The second-order valence-corrected chi connectivity index (χ2v) is 8.18. The van der Waals surface area contributed by atoms with E-state index in [2.05, 4.69) is 21.8 Å². The lowest BCUT2D eigenvalue weighted by atomic mass is 10.0. The molecule has 3 aromatic rings. The number of benzene rings is 1. The Bertz CT molecular complexity index is 1450. The maximum absolute atomic E-state index is 13.0. The Kier molecular flexibility index (Phi) is 4.89. The molecule has 1 saturated heterocycles. The van der Waals surface area contributed by atoms with Crippen LogP contribution in [-0.2, 0) is 13.6 Å². The molecule has 4 heterocycles. The van der Waals surface area contributed by atoms with Gasteiger partial charge in [0.25, 0.3) is 17.4 Å². The van der Waals surface area contributed by atoms with Gasteiger partial charge in [0.15, 0.2) is 11.2 Å². The van der Waals surface area contributed by atoms with Gasteiger partial charge in [-0.1, -0.05) is 18.1 Å². The second kappa shape index (κ2) is 7.78. The first-order valence-corrected chi connectivity index (χ1v) is 10.7. The van der Waals surface area contributed by atoms with Crippen LogP contribution in [0.15, 0.2) is 33.9 Å². The summed E-state index contributed by atoms with van der Waals surface area (Å²) in [4.78, 5) is 61.0. The number of hydrogen-bond acceptors (Lipinski definition) is 6. The van der Waals surface area contributed by atoms with E-state index in [1.807, 2.05) is 4.90 Å². The lowest BCUT2D eigenvalue weighted by Gasteiger charge is -2.37. The van der Waals surface area contributed by atoms with Crippen LogP contribution in [0.25, 0.3) is 11.2 Å². The summed E-state index contributed by atoms with van der Waals surface area (Å²) >= 11 is 0. The zero-order chi connectivity index (χ0) is 23.3. The molecular formula is C23H22N6O4. The highest BCUT2D eigenvalue weighted by molar-refractivity contribution is 6.21. The Labute approximate surface area is 188 Å². The second-order valence-electron chi connectivity index (χ2n) is 8.18. The molecule has 10 nitrogen and oxygen atoms in total. The largest absolute Gasteiger partial charge is 0.340 e. The van der Waals surface area contributed by atoms with Crippen LogP contribution in [0.4, 0.5) is 5.95 Å². The van der Waals surface area contributed by atoms with Crippen molar-refractivity contribution in [3.05, 3.63) is 56.2 Å². The number of carbonyl (C=O) groups is 2. The number of aromatic nitrogens is 4. The number of anilines is 1. The van der Waals surface area contributed by atoms with E-state index in [9.17, 15) is 19.2 Å². The quantitative estimate of drug-likeness (QED) is 0.468. The standard InChI is InChI=1S/C23H22N6O4/c1-3-4-12-28-17-18(26(2)23(33)25-19(17)30)24-22(28)27-11-7-8-14(13-27)29-20(31)15-9-5-6-10-16(15)21(29)32/h5-6,9-10,14H,7-8,11-13H2,1-2H3,(H,25,30,33)/t14-/m1/s1. The molecule has 168 valence electrons. The van der Waals surface area contributed by atoms with E-state index >= 15 is 0 Å². The molecule has 0 saturated carbocycles. The SMILES string of the molecule is CC#CCn1c(N2CCC[C@@H](N3C(=O)c4ccccc4C3=O)C2)nc2c1c(=O)[nH]c(=O)n2C. The maximum Gasteiger partial charge on any atom is 0.329 e. The fraction of sp³-hybridized carbons (Fsp3) is 0.348. The molecule has 2 aromatic heterocycles. The molecule has 1 aromatic carbocycles. The number of piperidine rings is 1. The zero-order valence-corrected chi connectivity index (χ0v) is 18.3. The highest BCUT2D eigenvalue weighted by Gasteiger charge is 2.41. The van der Waals surface area contributed by atoms with Crippen molar-refractivity contribution in [1.82, 2.24) is 24.0 Å². The van der Waals surface area contributed by atoms with Crippen molar-refractivity contribution in [3.8, 4) is 11.8 Å². The van der Waals surface area contributed by atoms with E-state index in [1.165, 1.54) is 9.47 Å². The number of imide groups is 1. The van der Waals surface area contributed by atoms with E-state index in [1.54, 1.807) is 42.8 Å². The molecule has 10 heteroatoms. The van der Waals surface area contributed by atoms with E-state index in [0.29, 0.717) is 36.6 Å². The predicted molar refractivity (Wildman–Crippen MR) is 121 cm³/mol. The van der Waals surface area contributed by atoms with Gasteiger partial charge in [0, 0.05) is 20.1 Å². The first kappa shape index (κ1) is 20.8. The Hall–Kier alpha value is -4.13. The summed E-state index contributed by atoms with van der Waals surface area (Å²) in [6, 6.07) is 6.51. The van der Waals surface area contributed by atoms with Crippen LogP contribution in [0.1, 0.15) is 40.5 Å². The number of carbonyl (C=O) groups excluding carboxylic acids is 2. The summed E-state index contributed by atoms with van der Waals surface area (Å²) in [5.41, 5.74) is 0.293. The lowest BCUT2D eigenvalue weighted by Crippen LogP contribution is -2.50. The normalized spacial score (nSPS) is 17.9. The van der Waals surface area contributed by atoms with Crippen molar-refractivity contribution in [1.29, 1.82) is 0 Å². The number of imidazole rings is 1. The molecule has 1 N–H and O–H groups in total. The fourth-order valence-electron chi connectivity index (χ4n) is 4.66. The van der Waals surface area contributed by atoms with Crippen LogP contribution in [0.3, 0.4) is 0 Å². The van der Waals surface area contributed by atoms with Gasteiger partial charge in [-0.25, -0.2) is 4.79 Å². The Morgan fingerprint density at radius 2 is 1.82 bits per heavy atom. The summed E-state index contributed by atoms with van der Waals surface area (Å²) in [7, 11) is 1.55. The third-order valence-corrected chi connectivity index (χ3v) is 6.27. The average molecular weight is 446 g/mol. The van der Waals surface area contributed by atoms with Crippen LogP contribution in [0, 0.1) is 11.8 Å². The maximum atomic E-state index is 13.0. The van der Waals surface area contributed by atoms with Gasteiger partial charge in [-0.05, 0) is 31.9 Å². The van der Waals surface area contributed by atoms with Crippen molar-refractivity contribution in [2.24, 2.45) is 7.05 Å². The van der Waals surface area contributed by atoms with Crippen LogP contribution in [0.5, 0.6) is 0 Å². The van der Waals surface area contributed by atoms with E-state index in [-0.39, 0.29) is 35.6 Å². The van der Waals surface area contributed by atoms with Crippen molar-refractivity contribution < 1.29 is 9.59 Å². The van der Waals surface area contributed by atoms with E-state index < -0.39 is 11.2 Å². The fourth-order valence-corrected chi connectivity index (χ4v) is 4.66. The minimum atomic E-state index is -0.548. The Morgan fingerprint density at radius 1 is 1.12 bits per heavy atom. The highest BCUT2D eigenvalue weighted by Crippen LogP contribution is 2.30. The summed E-state index contributed by atoms with van der Waals surface area (Å²) < 4.78 is 2.98. The van der Waals surface area contributed by atoms with Crippen molar-refractivity contribution in [3.63, 3.8) is 0 Å². The number of nitrogens with zero attached hydrogens (tertiary/aromatic N) is 5. The molecule has 0 unspecified atom stereocenters. The van der Waals surface area contributed by atoms with Crippen molar-refractivity contribution in [2.45, 2.75) is 32.4 Å². The first-order valence-electron chi connectivity index (χ1n) is 10.7. The molecule has 1 atom stereocenters. The summed E-state index contributed by atoms with van der Waals surface area (Å²) in [6.07, 6.45) is 1.41. The monoisotopic (exact) mass is 446 g/mol. The smallest absolute Gasteiger partial charge is 0.329 e. The van der Waals surface area contributed by atoms with E-state index in [0.717, 1.165) is 6.42 Å². The lowest BCUT2D eigenvalue weighted by molar-refractivity contribution is 0.0569. The topological polar surface area (TPSA) is 113 Å². The van der Waals surface area contributed by atoms with Gasteiger partial charge in [-0.2, -0.15) is 4.98 Å². The third-order valence-electron chi connectivity index (χ3n) is 6.27. The molecule has 0 bridgehead atoms. The number of nitrogens with one attached hydrogen (secondary N) is 1. The zero-order valence-electron chi connectivity index (χ0n) is 18.3. The van der Waals surface area contributed by atoms with Crippen molar-refractivity contribution >= 4 is 28.9 Å². The van der Waals surface area contributed by atoms with Crippen LogP contribution < -0.4 is 16.1 Å². The Morgan fingerprint density at radius 3 is 2.48 bits per heavy atom. The molecule has 5 rings (SSSR count). The summed E-state index contributed by atoms with van der Waals surface area (Å²) in [5, 5.41) is 0. The Balaban J connectivity index is 1.55. The first-order chi connectivity index (χ1) is 15.9. The molecule has 2 aliphatic heterocycles. The summed E-state index contributed by atoms with van der Waals surface area (Å²) in [5.74, 6) is 5.71. The molecule has 0 radical (unpaired) electrons. The number of aromatic amines is 1. The number of rotatable bonds is 3. The molecular weight excluding hydrogens is 424 g/mol. The number of H-pyrrole nitrogens is 1. The van der Waals surface area contributed by atoms with Crippen LogP contribution in [0.2, 0.25) is 0 Å². The minimum Gasteiger partial charge on any atom is -0.340 e. The minimum absolute atomic E-state index is 0.220. The van der Waals surface area contributed by atoms with Gasteiger partial charge in [-0.3, -0.25) is 33.4 Å². The molecule has 0 spiro atoms. The molecule has 0 aliphatic carbocycles. The number of fused-ring (bicyclic) bond motifs is 2. The summed E-state index contributed by atoms with van der Waals surface area (Å²) in [6.45, 7) is 2.93. The van der Waals surface area contributed by atoms with Crippen molar-refractivity contribution in [2.75, 3.05) is 18.0 Å². The molecule has 1 fully saturated rings. The van der Waals surface area contributed by atoms with Gasteiger partial charge in [0.2, 0.25) is 5.95 Å². The molecule has 33 heavy (non-hydrogen) atoms. The van der Waals surface area contributed by atoms with Gasteiger partial charge in [0.05, 0.1) is 23.7 Å². The van der Waals surface area contributed by atoms with Crippen LogP contribution >= 0.6 is 0 Å². The number of aryl methyl sites for hydroxylation is 1. The third kappa shape index (κ3) is 3.16. The van der Waals surface area contributed by atoms with E-state index in [4.69, 9.17) is 0 Å². The predicted octanol–water partition coefficient (Wildman–Crippen LogP) is 0.712. The molecule has 2 amide bonds. The van der Waals surface area contributed by atoms with Gasteiger partial charge >= 0.3 is 5.69 Å². The van der Waals surface area contributed by atoms with Gasteiger partial charge in [-0.15, -0.1) is 5.92 Å². The molecule has 2 aliphatic rings. The number of hydrogen-bond donors (Lipinski definition) is 1. The average Bonchev–Trinajstić information content (AvgIpc) is 3.32.